The predicted octanol–water partition coefficient (Wildman–Crippen LogP) is 1.34. The van der Waals surface area contributed by atoms with Crippen molar-refractivity contribution in [2.75, 3.05) is 6.54 Å². The minimum absolute atomic E-state index is 0.0786. The highest BCUT2D eigenvalue weighted by Gasteiger charge is 2.25. The third-order valence-corrected chi connectivity index (χ3v) is 4.23. The van der Waals surface area contributed by atoms with Crippen molar-refractivity contribution in [1.82, 2.24) is 24.6 Å². The monoisotopic (exact) mass is 323 g/mol. The lowest BCUT2D eigenvalue weighted by molar-refractivity contribution is 0.0700. The first kappa shape index (κ1) is 14.6. The van der Waals surface area contributed by atoms with Crippen LogP contribution in [0.4, 0.5) is 0 Å². The van der Waals surface area contributed by atoms with Crippen molar-refractivity contribution >= 4 is 5.91 Å². The van der Waals surface area contributed by atoms with E-state index in [1.807, 2.05) is 41.1 Å². The Labute approximate surface area is 138 Å². The minimum atomic E-state index is -0.763. The summed E-state index contributed by atoms with van der Waals surface area (Å²) >= 11 is 0. The first-order valence-corrected chi connectivity index (χ1v) is 7.79. The number of amides is 1. The van der Waals surface area contributed by atoms with Gasteiger partial charge >= 0.3 is 0 Å². The molecule has 1 amide bonds. The van der Waals surface area contributed by atoms with E-state index in [9.17, 15) is 9.90 Å². The van der Waals surface area contributed by atoms with Gasteiger partial charge in [-0.1, -0.05) is 30.3 Å². The number of hydrogen-bond acceptors (Lipinski definition) is 4. The highest BCUT2D eigenvalue weighted by Crippen LogP contribution is 2.23. The zero-order valence-corrected chi connectivity index (χ0v) is 13.0. The first-order valence-electron chi connectivity index (χ1n) is 7.79. The first-order chi connectivity index (χ1) is 11.7. The molecule has 2 N–H and O–H groups in total. The number of hydrogen-bond donors (Lipinski definition) is 2. The van der Waals surface area contributed by atoms with E-state index in [0.717, 1.165) is 11.3 Å². The Bertz CT molecular complexity index is 841. The number of imidazole rings is 1. The molecule has 1 aliphatic rings. The fourth-order valence-electron chi connectivity index (χ4n) is 2.94. The number of nitrogens with one attached hydrogen (secondary N) is 1. The number of benzene rings is 1. The lowest BCUT2D eigenvalue weighted by Crippen LogP contribution is -2.38. The summed E-state index contributed by atoms with van der Waals surface area (Å²) in [5.74, 6) is -0.0786. The van der Waals surface area contributed by atoms with Crippen LogP contribution >= 0.6 is 0 Å². The summed E-state index contributed by atoms with van der Waals surface area (Å²) < 4.78 is 1.86. The molecule has 1 aliphatic heterocycles. The number of aliphatic hydroxyl groups excluding tert-OH is 1. The van der Waals surface area contributed by atoms with Crippen LogP contribution in [0.2, 0.25) is 0 Å². The Morgan fingerprint density at radius 2 is 2.08 bits per heavy atom. The number of nitrogens with zero attached hydrogens (tertiary/aromatic N) is 4. The van der Waals surface area contributed by atoms with Crippen LogP contribution in [-0.4, -0.2) is 42.2 Å². The molecule has 7 nitrogen and oxygen atoms in total. The predicted molar refractivity (Wildman–Crippen MR) is 86.1 cm³/mol. The average molecular weight is 323 g/mol. The fraction of sp³-hybridized carbons (Fsp3) is 0.235. The second kappa shape index (κ2) is 5.93. The molecule has 4 rings (SSSR count). The van der Waals surface area contributed by atoms with Gasteiger partial charge in [0.15, 0.2) is 0 Å². The molecule has 0 saturated carbocycles. The van der Waals surface area contributed by atoms with Crippen LogP contribution in [0.3, 0.4) is 0 Å². The molecule has 0 radical (unpaired) electrons. The van der Waals surface area contributed by atoms with E-state index in [1.54, 1.807) is 4.90 Å². The van der Waals surface area contributed by atoms with Gasteiger partial charge in [-0.2, -0.15) is 5.10 Å². The molecule has 2 aromatic heterocycles. The van der Waals surface area contributed by atoms with Crippen LogP contribution in [0.1, 0.15) is 33.5 Å². The molecule has 0 spiro atoms. The van der Waals surface area contributed by atoms with E-state index in [-0.39, 0.29) is 5.91 Å². The van der Waals surface area contributed by atoms with Crippen molar-refractivity contribution in [3.63, 3.8) is 0 Å². The molecule has 0 unspecified atom stereocenters. The van der Waals surface area contributed by atoms with Gasteiger partial charge in [-0.05, 0) is 11.6 Å². The number of aromatic nitrogens is 4. The molecule has 0 saturated heterocycles. The maximum absolute atomic E-state index is 12.4. The van der Waals surface area contributed by atoms with Crippen molar-refractivity contribution in [2.24, 2.45) is 0 Å². The summed E-state index contributed by atoms with van der Waals surface area (Å²) in [6.45, 7) is 1.65. The van der Waals surface area contributed by atoms with Gasteiger partial charge in [-0.25, -0.2) is 4.98 Å². The number of H-pyrrole nitrogens is 1. The van der Waals surface area contributed by atoms with Crippen LogP contribution in [0.25, 0.3) is 0 Å². The van der Waals surface area contributed by atoms with Crippen molar-refractivity contribution in [2.45, 2.75) is 19.2 Å². The maximum Gasteiger partial charge on any atom is 0.272 e. The Hall–Kier alpha value is -2.93. The van der Waals surface area contributed by atoms with Crippen LogP contribution < -0.4 is 0 Å². The Morgan fingerprint density at radius 3 is 2.83 bits per heavy atom. The summed E-state index contributed by atoms with van der Waals surface area (Å²) in [6, 6.07) is 11.3. The number of aromatic amines is 1. The van der Waals surface area contributed by atoms with E-state index in [4.69, 9.17) is 0 Å². The summed E-state index contributed by atoms with van der Waals surface area (Å²) in [4.78, 5) is 20.9. The second-order valence-electron chi connectivity index (χ2n) is 5.79. The quantitative estimate of drug-likeness (QED) is 0.761. The summed E-state index contributed by atoms with van der Waals surface area (Å²) in [7, 11) is 0. The molecule has 0 aliphatic carbocycles. The molecule has 0 fully saturated rings. The molecular formula is C17H17N5O2. The molecule has 7 heteroatoms. The van der Waals surface area contributed by atoms with E-state index in [2.05, 4.69) is 15.1 Å². The fourth-order valence-corrected chi connectivity index (χ4v) is 2.94. The van der Waals surface area contributed by atoms with E-state index < -0.39 is 6.10 Å². The van der Waals surface area contributed by atoms with E-state index in [0.29, 0.717) is 31.0 Å². The number of carbonyl (C=O) groups excluding carboxylic acids is 1. The van der Waals surface area contributed by atoms with Crippen molar-refractivity contribution in [3.8, 4) is 0 Å². The topological polar surface area (TPSA) is 87.0 Å². The number of rotatable bonds is 3. The van der Waals surface area contributed by atoms with Crippen LogP contribution in [0, 0.1) is 0 Å². The van der Waals surface area contributed by atoms with E-state index in [1.165, 1.54) is 12.5 Å². The van der Waals surface area contributed by atoms with Gasteiger partial charge in [-0.15, -0.1) is 0 Å². The lowest BCUT2D eigenvalue weighted by atomic mass is 10.1. The number of carbonyl (C=O) groups is 1. The van der Waals surface area contributed by atoms with Gasteiger partial charge < -0.3 is 15.0 Å². The Morgan fingerprint density at radius 1 is 1.25 bits per heavy atom. The minimum Gasteiger partial charge on any atom is -0.382 e. The normalized spacial score (nSPS) is 15.1. The van der Waals surface area contributed by atoms with Crippen molar-refractivity contribution in [3.05, 3.63) is 71.6 Å². The summed E-state index contributed by atoms with van der Waals surface area (Å²) in [6.07, 6.45) is 2.26. The Balaban J connectivity index is 1.55. The molecule has 3 aromatic rings. The lowest BCUT2D eigenvalue weighted by Gasteiger charge is -2.27. The van der Waals surface area contributed by atoms with Crippen molar-refractivity contribution < 1.29 is 9.90 Å². The molecule has 1 aromatic carbocycles. The van der Waals surface area contributed by atoms with Gasteiger partial charge in [0, 0.05) is 6.54 Å². The SMILES string of the molecule is O=C(c1cnc[nH]1)N1CCn2nc([C@H](O)c3ccccc3)cc2C1. The smallest absolute Gasteiger partial charge is 0.272 e. The number of aliphatic hydroxyl groups is 1. The third-order valence-electron chi connectivity index (χ3n) is 4.23. The summed E-state index contributed by atoms with van der Waals surface area (Å²) in [5, 5.41) is 15.0. The molecule has 122 valence electrons. The van der Waals surface area contributed by atoms with Gasteiger partial charge in [0.25, 0.3) is 5.91 Å². The van der Waals surface area contributed by atoms with Gasteiger partial charge in [-0.3, -0.25) is 9.48 Å². The van der Waals surface area contributed by atoms with Crippen LogP contribution in [0.15, 0.2) is 48.9 Å². The molecule has 3 heterocycles. The van der Waals surface area contributed by atoms with Crippen LogP contribution in [0.5, 0.6) is 0 Å². The highest BCUT2D eigenvalue weighted by atomic mass is 16.3. The number of fused-ring (bicyclic) bond motifs is 1. The highest BCUT2D eigenvalue weighted by molar-refractivity contribution is 5.92. The molecule has 1 atom stereocenters. The molecular weight excluding hydrogens is 306 g/mol. The summed E-state index contributed by atoms with van der Waals surface area (Å²) in [5.41, 5.74) is 2.80. The zero-order chi connectivity index (χ0) is 16.5. The largest absolute Gasteiger partial charge is 0.382 e. The molecule has 0 bridgehead atoms. The van der Waals surface area contributed by atoms with Gasteiger partial charge in [0.05, 0.1) is 37.0 Å². The average Bonchev–Trinajstić information content (AvgIpc) is 3.30. The third kappa shape index (κ3) is 2.59. The zero-order valence-electron chi connectivity index (χ0n) is 13.0. The van der Waals surface area contributed by atoms with Gasteiger partial charge in [0.1, 0.15) is 11.8 Å². The van der Waals surface area contributed by atoms with E-state index >= 15 is 0 Å². The Kier molecular flexibility index (Phi) is 3.62. The van der Waals surface area contributed by atoms with Gasteiger partial charge in [0.2, 0.25) is 0 Å². The van der Waals surface area contributed by atoms with Crippen LogP contribution in [-0.2, 0) is 13.1 Å². The standard InChI is InChI=1S/C17H17N5O2/c23-16(12-4-2-1-3-5-12)14-8-13-10-21(6-7-22(13)20-14)17(24)15-9-18-11-19-15/h1-5,8-9,11,16,23H,6-7,10H2,(H,18,19)/t16-/m1/s1. The molecule has 24 heavy (non-hydrogen) atoms. The maximum atomic E-state index is 12.4. The second-order valence-corrected chi connectivity index (χ2v) is 5.79. The van der Waals surface area contributed by atoms with Crippen molar-refractivity contribution in [1.29, 1.82) is 0 Å².